The van der Waals surface area contributed by atoms with Crippen molar-refractivity contribution in [1.82, 2.24) is 10.2 Å². The van der Waals surface area contributed by atoms with Crippen molar-refractivity contribution >= 4 is 5.91 Å². The van der Waals surface area contributed by atoms with E-state index in [9.17, 15) is 9.90 Å². The molecule has 1 saturated carbocycles. The molecule has 3 rings (SSSR count). The molecule has 1 aliphatic heterocycles. The van der Waals surface area contributed by atoms with Crippen LogP contribution in [0.25, 0.3) is 0 Å². The predicted octanol–water partition coefficient (Wildman–Crippen LogP) is 3.69. The fourth-order valence-electron chi connectivity index (χ4n) is 4.66. The first kappa shape index (κ1) is 19.2. The highest BCUT2D eigenvalue weighted by atomic mass is 16.3. The number of hydrogen-bond donors (Lipinski definition) is 2. The summed E-state index contributed by atoms with van der Waals surface area (Å²) < 4.78 is 0. The number of carbonyl (C=O) groups excluding carboxylic acids is 1. The smallest absolute Gasteiger partial charge is 0.223 e. The Labute approximate surface area is 158 Å². The molecule has 0 unspecified atom stereocenters. The quantitative estimate of drug-likeness (QED) is 0.844. The lowest BCUT2D eigenvalue weighted by molar-refractivity contribution is -0.126. The minimum absolute atomic E-state index is 0.0978. The van der Waals surface area contributed by atoms with E-state index in [-0.39, 0.29) is 17.2 Å². The number of nitrogens with one attached hydrogen (secondary N) is 1. The van der Waals surface area contributed by atoms with Crippen LogP contribution >= 0.6 is 0 Å². The van der Waals surface area contributed by atoms with Gasteiger partial charge >= 0.3 is 0 Å². The van der Waals surface area contributed by atoms with E-state index in [1.54, 1.807) is 6.07 Å². The molecule has 2 fully saturated rings. The van der Waals surface area contributed by atoms with E-state index < -0.39 is 0 Å². The van der Waals surface area contributed by atoms with E-state index in [1.807, 2.05) is 12.1 Å². The molecule has 1 heterocycles. The Morgan fingerprint density at radius 2 is 2.08 bits per heavy atom. The van der Waals surface area contributed by atoms with Gasteiger partial charge in [0.15, 0.2) is 0 Å². The van der Waals surface area contributed by atoms with Crippen LogP contribution in [-0.2, 0) is 10.2 Å². The molecule has 2 aliphatic rings. The van der Waals surface area contributed by atoms with Crippen molar-refractivity contribution in [3.8, 4) is 5.75 Å². The number of phenolic OH excluding ortho intramolecular Hbond substituents is 1. The van der Waals surface area contributed by atoms with Crippen LogP contribution in [0, 0.1) is 11.8 Å². The van der Waals surface area contributed by atoms with E-state index in [0.717, 1.165) is 45.4 Å². The van der Waals surface area contributed by atoms with Gasteiger partial charge in [-0.15, -0.1) is 0 Å². The van der Waals surface area contributed by atoms with Crippen molar-refractivity contribution in [3.05, 3.63) is 29.8 Å². The summed E-state index contributed by atoms with van der Waals surface area (Å²) in [7, 11) is 0. The Kier molecular flexibility index (Phi) is 6.23. The van der Waals surface area contributed by atoms with Gasteiger partial charge < -0.3 is 15.3 Å². The lowest BCUT2D eigenvalue weighted by Crippen LogP contribution is -2.49. The Morgan fingerprint density at radius 1 is 1.31 bits per heavy atom. The molecule has 1 saturated heterocycles. The lowest BCUT2D eigenvalue weighted by Gasteiger charge is -2.45. The highest BCUT2D eigenvalue weighted by Crippen LogP contribution is 2.40. The van der Waals surface area contributed by atoms with Crippen LogP contribution in [-0.4, -0.2) is 42.1 Å². The summed E-state index contributed by atoms with van der Waals surface area (Å²) in [6, 6.07) is 7.73. The molecule has 1 amide bonds. The Hall–Kier alpha value is -1.55. The van der Waals surface area contributed by atoms with E-state index in [4.69, 9.17) is 0 Å². The number of carbonyl (C=O) groups is 1. The number of benzene rings is 1. The number of rotatable bonds is 5. The number of piperidine rings is 1. The highest BCUT2D eigenvalue weighted by Gasteiger charge is 2.38. The summed E-state index contributed by atoms with van der Waals surface area (Å²) in [4.78, 5) is 14.7. The maximum Gasteiger partial charge on any atom is 0.223 e. The summed E-state index contributed by atoms with van der Waals surface area (Å²) in [6.45, 7) is 8.37. The molecule has 1 aliphatic carbocycles. The van der Waals surface area contributed by atoms with Gasteiger partial charge in [0.2, 0.25) is 5.91 Å². The van der Waals surface area contributed by atoms with Crippen LogP contribution in [0.2, 0.25) is 0 Å². The number of amides is 1. The van der Waals surface area contributed by atoms with Crippen molar-refractivity contribution in [2.75, 3.05) is 26.2 Å². The van der Waals surface area contributed by atoms with Crippen molar-refractivity contribution in [1.29, 1.82) is 0 Å². The van der Waals surface area contributed by atoms with Crippen LogP contribution < -0.4 is 5.32 Å². The third-order valence-corrected chi connectivity index (χ3v) is 6.78. The van der Waals surface area contributed by atoms with Crippen molar-refractivity contribution in [2.45, 2.75) is 57.8 Å². The molecule has 4 heteroatoms. The molecule has 144 valence electrons. The van der Waals surface area contributed by atoms with E-state index in [1.165, 1.54) is 24.8 Å². The van der Waals surface area contributed by atoms with E-state index in [2.05, 4.69) is 30.1 Å². The maximum absolute atomic E-state index is 12.3. The average Bonchev–Trinajstić information content (AvgIpc) is 2.65. The SMILES string of the molecule is C[C@H]1CN(CCNC(=O)C2CCCCC2)CC[C@]1(C)c1cccc(O)c1. The molecule has 0 aromatic heterocycles. The molecule has 0 radical (unpaired) electrons. The van der Waals surface area contributed by atoms with Crippen LogP contribution in [0.3, 0.4) is 0 Å². The normalized spacial score (nSPS) is 28.0. The summed E-state index contributed by atoms with van der Waals surface area (Å²) in [5.41, 5.74) is 1.33. The Balaban J connectivity index is 1.47. The van der Waals surface area contributed by atoms with Crippen molar-refractivity contribution in [2.24, 2.45) is 11.8 Å². The molecule has 4 nitrogen and oxygen atoms in total. The second-order valence-corrected chi connectivity index (χ2v) is 8.55. The summed E-state index contributed by atoms with van der Waals surface area (Å²) in [5, 5.41) is 13.0. The monoisotopic (exact) mass is 358 g/mol. The third kappa shape index (κ3) is 4.40. The zero-order valence-electron chi connectivity index (χ0n) is 16.3. The second kappa shape index (κ2) is 8.43. The highest BCUT2D eigenvalue weighted by molar-refractivity contribution is 5.78. The lowest BCUT2D eigenvalue weighted by atomic mass is 9.68. The Morgan fingerprint density at radius 3 is 2.77 bits per heavy atom. The zero-order valence-corrected chi connectivity index (χ0v) is 16.3. The van der Waals surface area contributed by atoms with Crippen LogP contribution in [0.15, 0.2) is 24.3 Å². The largest absolute Gasteiger partial charge is 0.508 e. The number of nitrogens with zero attached hydrogens (tertiary/aromatic N) is 1. The van der Waals surface area contributed by atoms with Crippen LogP contribution in [0.5, 0.6) is 5.75 Å². The van der Waals surface area contributed by atoms with Crippen LogP contribution in [0.4, 0.5) is 0 Å². The van der Waals surface area contributed by atoms with Crippen molar-refractivity contribution in [3.63, 3.8) is 0 Å². The van der Waals surface area contributed by atoms with E-state index >= 15 is 0 Å². The summed E-state index contributed by atoms with van der Waals surface area (Å²) >= 11 is 0. The molecular weight excluding hydrogens is 324 g/mol. The minimum atomic E-state index is 0.0978. The maximum atomic E-state index is 12.3. The van der Waals surface area contributed by atoms with Gasteiger partial charge in [-0.05, 0) is 54.8 Å². The topological polar surface area (TPSA) is 52.6 Å². The first-order valence-electron chi connectivity index (χ1n) is 10.3. The molecular formula is C22H34N2O2. The molecule has 0 spiro atoms. The van der Waals surface area contributed by atoms with Crippen LogP contribution in [0.1, 0.15) is 57.9 Å². The van der Waals surface area contributed by atoms with E-state index in [0.29, 0.717) is 11.7 Å². The average molecular weight is 359 g/mol. The first-order valence-corrected chi connectivity index (χ1v) is 10.3. The number of aromatic hydroxyl groups is 1. The molecule has 26 heavy (non-hydrogen) atoms. The van der Waals surface area contributed by atoms with Gasteiger partial charge in [0.05, 0.1) is 0 Å². The molecule has 2 atom stereocenters. The fraction of sp³-hybridized carbons (Fsp3) is 0.682. The molecule has 2 N–H and O–H groups in total. The molecule has 1 aromatic carbocycles. The summed E-state index contributed by atoms with van der Waals surface area (Å²) in [5.74, 6) is 1.37. The number of likely N-dealkylation sites (tertiary alicyclic amines) is 1. The Bertz CT molecular complexity index is 612. The van der Waals surface area contributed by atoms with Gasteiger partial charge in [-0.3, -0.25) is 4.79 Å². The van der Waals surface area contributed by atoms with Crippen molar-refractivity contribution < 1.29 is 9.90 Å². The fourth-order valence-corrected chi connectivity index (χ4v) is 4.66. The van der Waals surface area contributed by atoms with Gasteiger partial charge in [0.1, 0.15) is 5.75 Å². The van der Waals surface area contributed by atoms with Gasteiger partial charge in [0.25, 0.3) is 0 Å². The number of hydrogen-bond acceptors (Lipinski definition) is 3. The van der Waals surface area contributed by atoms with Gasteiger partial charge in [-0.25, -0.2) is 0 Å². The first-order chi connectivity index (χ1) is 12.5. The summed E-state index contributed by atoms with van der Waals surface area (Å²) in [6.07, 6.45) is 6.90. The third-order valence-electron chi connectivity index (χ3n) is 6.78. The van der Waals surface area contributed by atoms with Gasteiger partial charge in [-0.1, -0.05) is 45.2 Å². The number of phenols is 1. The molecule has 0 bridgehead atoms. The standard InChI is InChI=1S/C22H34N2O2/c1-17-16-24(14-12-23-21(26)18-7-4-3-5-8-18)13-11-22(17,2)19-9-6-10-20(25)15-19/h6,9-10,15,17-18,25H,3-5,7-8,11-14,16H2,1-2H3,(H,23,26)/t17-,22-/m0/s1. The molecule has 1 aromatic rings. The van der Waals surface area contributed by atoms with Gasteiger partial charge in [-0.2, -0.15) is 0 Å². The minimum Gasteiger partial charge on any atom is -0.508 e. The zero-order chi connectivity index (χ0) is 18.6. The second-order valence-electron chi connectivity index (χ2n) is 8.55. The van der Waals surface area contributed by atoms with Gasteiger partial charge in [0, 0.05) is 25.6 Å². The predicted molar refractivity (Wildman–Crippen MR) is 105 cm³/mol.